The van der Waals surface area contributed by atoms with E-state index in [0.717, 1.165) is 30.0 Å². The predicted octanol–water partition coefficient (Wildman–Crippen LogP) is 1.60. The van der Waals surface area contributed by atoms with Crippen molar-refractivity contribution < 1.29 is 9.47 Å². The van der Waals surface area contributed by atoms with Gasteiger partial charge < -0.3 is 20.1 Å². The molecule has 0 spiro atoms. The van der Waals surface area contributed by atoms with Crippen molar-refractivity contribution in [1.82, 2.24) is 4.90 Å². The maximum absolute atomic E-state index is 6.09. The molecule has 0 amide bonds. The Labute approximate surface area is 106 Å². The van der Waals surface area contributed by atoms with Gasteiger partial charge in [-0.1, -0.05) is 11.6 Å². The van der Waals surface area contributed by atoms with Gasteiger partial charge in [-0.2, -0.15) is 0 Å². The summed E-state index contributed by atoms with van der Waals surface area (Å²) in [6.07, 6.45) is 0. The van der Waals surface area contributed by atoms with E-state index in [0.29, 0.717) is 25.0 Å². The number of rotatable bonds is 4. The van der Waals surface area contributed by atoms with Crippen LogP contribution in [0.2, 0.25) is 5.02 Å². The number of hydrogen-bond donors (Lipinski definition) is 1. The number of fused-ring (bicyclic) bond motifs is 1. The third-order valence-corrected chi connectivity index (χ3v) is 2.92. The monoisotopic (exact) mass is 256 g/mol. The molecule has 0 saturated heterocycles. The first kappa shape index (κ1) is 12.6. The van der Waals surface area contributed by atoms with Crippen molar-refractivity contribution in [3.63, 3.8) is 0 Å². The van der Waals surface area contributed by atoms with Crippen molar-refractivity contribution in [2.75, 3.05) is 26.9 Å². The van der Waals surface area contributed by atoms with E-state index in [-0.39, 0.29) is 0 Å². The van der Waals surface area contributed by atoms with Gasteiger partial charge in [0.05, 0.1) is 6.61 Å². The van der Waals surface area contributed by atoms with Gasteiger partial charge in [0.25, 0.3) is 0 Å². The lowest BCUT2D eigenvalue weighted by molar-refractivity contribution is -0.0173. The summed E-state index contributed by atoms with van der Waals surface area (Å²) >= 11 is 6.09. The van der Waals surface area contributed by atoms with Gasteiger partial charge in [-0.3, -0.25) is 0 Å². The first-order valence-corrected chi connectivity index (χ1v) is 5.99. The lowest BCUT2D eigenvalue weighted by atomic mass is 10.1. The quantitative estimate of drug-likeness (QED) is 0.889. The maximum atomic E-state index is 6.09. The van der Waals surface area contributed by atoms with Crippen LogP contribution in [-0.4, -0.2) is 31.8 Å². The van der Waals surface area contributed by atoms with E-state index in [1.165, 1.54) is 0 Å². The minimum Gasteiger partial charge on any atom is -0.467 e. The number of hydrogen-bond acceptors (Lipinski definition) is 4. The highest BCUT2D eigenvalue weighted by molar-refractivity contribution is 6.30. The summed E-state index contributed by atoms with van der Waals surface area (Å²) in [5.41, 5.74) is 7.64. The molecule has 0 atom stereocenters. The van der Waals surface area contributed by atoms with Crippen molar-refractivity contribution in [3.8, 4) is 5.75 Å². The SMILES string of the molecule is CN(CCN)Cc1cc(Cl)cc2c1OCOC2. The molecule has 1 aromatic rings. The smallest absolute Gasteiger partial charge is 0.189 e. The lowest BCUT2D eigenvalue weighted by Crippen LogP contribution is -2.26. The van der Waals surface area contributed by atoms with E-state index in [4.69, 9.17) is 26.8 Å². The fraction of sp³-hybridized carbons (Fsp3) is 0.500. The van der Waals surface area contributed by atoms with Gasteiger partial charge >= 0.3 is 0 Å². The minimum atomic E-state index is 0.308. The van der Waals surface area contributed by atoms with Gasteiger partial charge in [0.1, 0.15) is 5.75 Å². The third kappa shape index (κ3) is 3.10. The summed E-state index contributed by atoms with van der Waals surface area (Å²) in [7, 11) is 2.03. The van der Waals surface area contributed by atoms with E-state index in [9.17, 15) is 0 Å². The third-order valence-electron chi connectivity index (χ3n) is 2.70. The van der Waals surface area contributed by atoms with Crippen LogP contribution in [-0.2, 0) is 17.9 Å². The maximum Gasteiger partial charge on any atom is 0.189 e. The second-order valence-corrected chi connectivity index (χ2v) is 4.63. The zero-order valence-electron chi connectivity index (χ0n) is 9.91. The molecule has 2 N–H and O–H groups in total. The van der Waals surface area contributed by atoms with Crippen LogP contribution in [0.3, 0.4) is 0 Å². The lowest BCUT2D eigenvalue weighted by Gasteiger charge is -2.23. The van der Waals surface area contributed by atoms with Gasteiger partial charge in [-0.15, -0.1) is 0 Å². The van der Waals surface area contributed by atoms with Crippen molar-refractivity contribution in [2.45, 2.75) is 13.2 Å². The average molecular weight is 257 g/mol. The second kappa shape index (κ2) is 5.69. The fourth-order valence-electron chi connectivity index (χ4n) is 1.96. The number of nitrogens with zero attached hydrogens (tertiary/aromatic N) is 1. The molecule has 1 heterocycles. The molecule has 0 aliphatic carbocycles. The van der Waals surface area contributed by atoms with Crippen LogP contribution >= 0.6 is 11.6 Å². The van der Waals surface area contributed by atoms with E-state index < -0.39 is 0 Å². The molecule has 94 valence electrons. The molecule has 0 radical (unpaired) electrons. The summed E-state index contributed by atoms with van der Waals surface area (Å²) in [5, 5.41) is 0.717. The standard InChI is InChI=1S/C12H17ClN2O2/c1-15(3-2-14)6-9-4-11(13)5-10-7-16-8-17-12(9)10/h4-5H,2-3,6-8,14H2,1H3. The Bertz CT molecular complexity index is 398. The number of benzene rings is 1. The van der Waals surface area contributed by atoms with Crippen molar-refractivity contribution in [1.29, 1.82) is 0 Å². The Kier molecular flexibility index (Phi) is 4.23. The molecular formula is C12H17ClN2O2. The number of likely N-dealkylation sites (N-methyl/N-ethyl adjacent to an activating group) is 1. The van der Waals surface area contributed by atoms with Gasteiger partial charge in [-0.05, 0) is 19.2 Å². The Morgan fingerprint density at radius 3 is 3.06 bits per heavy atom. The van der Waals surface area contributed by atoms with Crippen LogP contribution < -0.4 is 10.5 Å². The Morgan fingerprint density at radius 1 is 1.47 bits per heavy atom. The van der Waals surface area contributed by atoms with Gasteiger partial charge in [0, 0.05) is 35.8 Å². The van der Waals surface area contributed by atoms with Crippen LogP contribution in [0.1, 0.15) is 11.1 Å². The molecule has 17 heavy (non-hydrogen) atoms. The predicted molar refractivity (Wildman–Crippen MR) is 67.1 cm³/mol. The Morgan fingerprint density at radius 2 is 2.29 bits per heavy atom. The van der Waals surface area contributed by atoms with E-state index >= 15 is 0 Å². The minimum absolute atomic E-state index is 0.308. The van der Waals surface area contributed by atoms with Crippen molar-refractivity contribution >= 4 is 11.6 Å². The molecular weight excluding hydrogens is 240 g/mol. The topological polar surface area (TPSA) is 47.7 Å². The summed E-state index contributed by atoms with van der Waals surface area (Å²) in [4.78, 5) is 2.14. The summed E-state index contributed by atoms with van der Waals surface area (Å²) < 4.78 is 10.8. The number of nitrogens with two attached hydrogens (primary N) is 1. The summed E-state index contributed by atoms with van der Waals surface area (Å²) in [6, 6.07) is 3.83. The number of halogens is 1. The van der Waals surface area contributed by atoms with Crippen LogP contribution in [0.4, 0.5) is 0 Å². The highest BCUT2D eigenvalue weighted by atomic mass is 35.5. The molecule has 1 aliphatic rings. The second-order valence-electron chi connectivity index (χ2n) is 4.19. The number of ether oxygens (including phenoxy) is 2. The van der Waals surface area contributed by atoms with Crippen LogP contribution in [0.15, 0.2) is 12.1 Å². The molecule has 1 aromatic carbocycles. The summed E-state index contributed by atoms with van der Waals surface area (Å²) in [6.45, 7) is 3.13. The molecule has 4 nitrogen and oxygen atoms in total. The molecule has 2 rings (SSSR count). The first-order chi connectivity index (χ1) is 8.20. The Balaban J connectivity index is 2.23. The fourth-order valence-corrected chi connectivity index (χ4v) is 2.23. The van der Waals surface area contributed by atoms with Crippen LogP contribution in [0.25, 0.3) is 0 Å². The van der Waals surface area contributed by atoms with Gasteiger partial charge in [0.2, 0.25) is 0 Å². The highest BCUT2D eigenvalue weighted by Crippen LogP contribution is 2.32. The molecule has 0 aromatic heterocycles. The molecule has 1 aliphatic heterocycles. The van der Waals surface area contributed by atoms with E-state index in [2.05, 4.69) is 4.90 Å². The van der Waals surface area contributed by atoms with Crippen molar-refractivity contribution in [3.05, 3.63) is 28.3 Å². The molecule has 0 fully saturated rings. The average Bonchev–Trinajstić information content (AvgIpc) is 2.29. The molecule has 5 heteroatoms. The summed E-state index contributed by atoms with van der Waals surface area (Å²) in [5.74, 6) is 0.907. The first-order valence-electron chi connectivity index (χ1n) is 5.61. The van der Waals surface area contributed by atoms with Crippen LogP contribution in [0, 0.1) is 0 Å². The molecule has 0 bridgehead atoms. The highest BCUT2D eigenvalue weighted by Gasteiger charge is 2.17. The Hall–Kier alpha value is -0.810. The normalized spacial score (nSPS) is 14.6. The van der Waals surface area contributed by atoms with E-state index in [1.54, 1.807) is 0 Å². The van der Waals surface area contributed by atoms with Gasteiger partial charge in [0.15, 0.2) is 6.79 Å². The van der Waals surface area contributed by atoms with Gasteiger partial charge in [-0.25, -0.2) is 0 Å². The largest absolute Gasteiger partial charge is 0.467 e. The van der Waals surface area contributed by atoms with Crippen molar-refractivity contribution in [2.24, 2.45) is 5.73 Å². The van der Waals surface area contributed by atoms with E-state index in [1.807, 2.05) is 19.2 Å². The van der Waals surface area contributed by atoms with Crippen LogP contribution in [0.5, 0.6) is 5.75 Å². The zero-order chi connectivity index (χ0) is 12.3. The molecule has 0 saturated carbocycles. The molecule has 0 unspecified atom stereocenters. The zero-order valence-corrected chi connectivity index (χ0v) is 10.7.